The van der Waals surface area contributed by atoms with Crippen molar-refractivity contribution in [1.29, 1.82) is 10.8 Å². The molecule has 16 heteroatoms. The van der Waals surface area contributed by atoms with Crippen LogP contribution in [0.4, 0.5) is 13.2 Å². The Morgan fingerprint density at radius 3 is 2.43 bits per heavy atom. The normalized spacial score (nSPS) is 27.9. The fourth-order valence-corrected chi connectivity index (χ4v) is 5.09. The van der Waals surface area contributed by atoms with Crippen LogP contribution in [0.1, 0.15) is 29.8 Å². The molecular formula is C21H25F3N8O5. The molecule has 3 saturated heterocycles. The molecule has 0 aliphatic carbocycles. The second-order valence-electron chi connectivity index (χ2n) is 9.08. The number of alkyl halides is 3. The van der Waals surface area contributed by atoms with E-state index in [4.69, 9.17) is 10.8 Å². The zero-order valence-corrected chi connectivity index (χ0v) is 19.6. The average Bonchev–Trinajstić information content (AvgIpc) is 3.26. The van der Waals surface area contributed by atoms with Gasteiger partial charge in [0.2, 0.25) is 17.6 Å². The third kappa shape index (κ3) is 4.11. The lowest BCUT2D eigenvalue weighted by Crippen LogP contribution is -2.81. The van der Waals surface area contributed by atoms with E-state index in [9.17, 15) is 37.8 Å². The number of carbonyl (C=O) groups is 3. The predicted molar refractivity (Wildman–Crippen MR) is 120 cm³/mol. The Morgan fingerprint density at radius 2 is 1.84 bits per heavy atom. The zero-order valence-electron chi connectivity index (χ0n) is 19.6. The summed E-state index contributed by atoms with van der Waals surface area (Å²) in [7, 11) is 0. The molecule has 0 radical (unpaired) electrons. The van der Waals surface area contributed by atoms with Crippen LogP contribution in [0.3, 0.4) is 0 Å². The second-order valence-corrected chi connectivity index (χ2v) is 9.08. The number of halogens is 3. The van der Waals surface area contributed by atoms with E-state index in [0.717, 1.165) is 41.8 Å². The van der Waals surface area contributed by atoms with Crippen molar-refractivity contribution < 1.29 is 37.8 Å². The number of nitrogens with zero attached hydrogens (tertiary/aromatic N) is 2. The van der Waals surface area contributed by atoms with E-state index >= 15 is 0 Å². The summed E-state index contributed by atoms with van der Waals surface area (Å²) in [6, 6.07) is -0.0274. The SMILES string of the molecule is CC(=O)N(C[C@@H]1NC(=N)N2CC(NC(=O)c3cccc(C(F)(F)F)c3)C(O)(O)C23NC(=N)NC13)C(C)=O. The number of rotatable bonds is 4. The molecule has 4 atom stereocenters. The highest BCUT2D eigenvalue weighted by atomic mass is 19.4. The van der Waals surface area contributed by atoms with Crippen LogP contribution in [0.5, 0.6) is 0 Å². The molecule has 1 aromatic rings. The monoisotopic (exact) mass is 526 g/mol. The van der Waals surface area contributed by atoms with Crippen LogP contribution >= 0.6 is 0 Å². The Kier molecular flexibility index (Phi) is 6.07. The molecule has 0 saturated carbocycles. The molecule has 1 aromatic carbocycles. The van der Waals surface area contributed by atoms with Crippen molar-refractivity contribution in [2.24, 2.45) is 0 Å². The first-order valence-corrected chi connectivity index (χ1v) is 11.1. The Labute approximate surface area is 208 Å². The van der Waals surface area contributed by atoms with Gasteiger partial charge in [0.25, 0.3) is 5.91 Å². The van der Waals surface area contributed by atoms with Crippen molar-refractivity contribution in [3.05, 3.63) is 35.4 Å². The van der Waals surface area contributed by atoms with Gasteiger partial charge in [-0.25, -0.2) is 0 Å². The molecule has 1 spiro atoms. The Balaban J connectivity index is 1.66. The molecule has 0 aromatic heterocycles. The van der Waals surface area contributed by atoms with Crippen LogP contribution in [-0.4, -0.2) is 92.3 Å². The molecule has 200 valence electrons. The maximum atomic E-state index is 13.1. The van der Waals surface area contributed by atoms with E-state index < -0.39 is 59.0 Å². The number of hydrogen-bond donors (Lipinski definition) is 8. The smallest absolute Gasteiger partial charge is 0.361 e. The minimum atomic E-state index is -4.70. The van der Waals surface area contributed by atoms with Crippen LogP contribution in [0.25, 0.3) is 0 Å². The molecule has 3 fully saturated rings. The number of aliphatic hydroxyl groups is 2. The van der Waals surface area contributed by atoms with Crippen molar-refractivity contribution in [2.75, 3.05) is 13.1 Å². The number of nitrogens with one attached hydrogen (secondary N) is 6. The summed E-state index contributed by atoms with van der Waals surface area (Å²) in [6.45, 7) is 1.67. The highest BCUT2D eigenvalue weighted by molar-refractivity contribution is 5.95. The van der Waals surface area contributed by atoms with Crippen LogP contribution in [0.2, 0.25) is 0 Å². The van der Waals surface area contributed by atoms with Crippen molar-refractivity contribution in [3.63, 3.8) is 0 Å². The fraction of sp³-hybridized carbons (Fsp3) is 0.476. The van der Waals surface area contributed by atoms with Crippen LogP contribution < -0.4 is 21.3 Å². The van der Waals surface area contributed by atoms with Gasteiger partial charge in [0.05, 0.1) is 24.2 Å². The molecule has 3 unspecified atom stereocenters. The molecule has 3 aliphatic heterocycles. The maximum absolute atomic E-state index is 13.1. The van der Waals surface area contributed by atoms with Crippen molar-refractivity contribution >= 4 is 29.6 Å². The van der Waals surface area contributed by atoms with Crippen LogP contribution in [-0.2, 0) is 15.8 Å². The van der Waals surface area contributed by atoms with Crippen molar-refractivity contribution in [2.45, 2.75) is 49.6 Å². The number of carbonyl (C=O) groups excluding carboxylic acids is 3. The van der Waals surface area contributed by atoms with E-state index in [-0.39, 0.29) is 30.6 Å². The maximum Gasteiger partial charge on any atom is 0.416 e. The topological polar surface area (TPSA) is 194 Å². The molecule has 3 aliphatic rings. The van der Waals surface area contributed by atoms with Gasteiger partial charge in [-0.3, -0.25) is 30.1 Å². The van der Waals surface area contributed by atoms with E-state index in [1.165, 1.54) is 0 Å². The highest BCUT2D eigenvalue weighted by Gasteiger charge is 2.74. The predicted octanol–water partition coefficient (Wildman–Crippen LogP) is -1.71. The largest absolute Gasteiger partial charge is 0.416 e. The highest BCUT2D eigenvalue weighted by Crippen LogP contribution is 2.43. The summed E-state index contributed by atoms with van der Waals surface area (Å²) >= 11 is 0. The molecule has 13 nitrogen and oxygen atoms in total. The number of imide groups is 1. The lowest BCUT2D eigenvalue weighted by Gasteiger charge is -2.51. The van der Waals surface area contributed by atoms with Gasteiger partial charge in [0.15, 0.2) is 17.6 Å². The number of benzene rings is 1. The van der Waals surface area contributed by atoms with Gasteiger partial charge in [-0.1, -0.05) is 6.07 Å². The van der Waals surface area contributed by atoms with E-state index in [1.54, 1.807) is 0 Å². The Hall–Kier alpha value is -3.92. The van der Waals surface area contributed by atoms with Crippen LogP contribution in [0.15, 0.2) is 24.3 Å². The first-order chi connectivity index (χ1) is 17.1. The first-order valence-electron chi connectivity index (χ1n) is 11.1. The van der Waals surface area contributed by atoms with Crippen molar-refractivity contribution in [1.82, 2.24) is 31.1 Å². The summed E-state index contributed by atoms with van der Waals surface area (Å²) in [5.41, 5.74) is -3.45. The fourth-order valence-electron chi connectivity index (χ4n) is 5.09. The van der Waals surface area contributed by atoms with E-state index in [1.807, 2.05) is 0 Å². The van der Waals surface area contributed by atoms with Crippen molar-refractivity contribution in [3.8, 4) is 0 Å². The summed E-state index contributed by atoms with van der Waals surface area (Å²) in [4.78, 5) is 38.8. The third-order valence-electron chi connectivity index (χ3n) is 6.79. The number of amides is 3. The van der Waals surface area contributed by atoms with E-state index in [0.29, 0.717) is 6.07 Å². The molecule has 3 heterocycles. The molecule has 4 rings (SSSR count). The average molecular weight is 526 g/mol. The lowest BCUT2D eigenvalue weighted by molar-refractivity contribution is -0.232. The zero-order chi connectivity index (χ0) is 27.5. The van der Waals surface area contributed by atoms with Gasteiger partial charge < -0.3 is 36.4 Å². The van der Waals surface area contributed by atoms with Gasteiger partial charge in [-0.2, -0.15) is 13.2 Å². The lowest BCUT2D eigenvalue weighted by atomic mass is 9.84. The standard InChI is InChI=1S/C21H25F3N8O5/c1-9(33)31(10(2)34)7-13-15-19(30-17(25)29-15)20(36,37)14(8-32(19)18(26)27-13)28-16(35)11-4-3-5-12(6-11)21(22,23)24/h3-6,13-15,36-37H,7-8H2,1-2H3,(H2,26,27)(H,28,35)(H3,25,29,30)/t13-,14?,15?,19?/m0/s1. The Morgan fingerprint density at radius 1 is 1.19 bits per heavy atom. The summed E-state index contributed by atoms with van der Waals surface area (Å²) in [5, 5.41) is 49.7. The minimum absolute atomic E-state index is 0.285. The minimum Gasteiger partial charge on any atom is -0.361 e. The number of guanidine groups is 2. The molecule has 0 bridgehead atoms. The van der Waals surface area contributed by atoms with Crippen LogP contribution in [0, 0.1) is 10.8 Å². The summed E-state index contributed by atoms with van der Waals surface area (Å²) in [6.07, 6.45) is -4.70. The third-order valence-corrected chi connectivity index (χ3v) is 6.79. The Bertz CT molecular complexity index is 1180. The van der Waals surface area contributed by atoms with Gasteiger partial charge in [-0.05, 0) is 18.2 Å². The first kappa shape index (κ1) is 26.2. The van der Waals surface area contributed by atoms with Gasteiger partial charge >= 0.3 is 6.18 Å². The molecule has 8 N–H and O–H groups in total. The molecule has 3 amide bonds. The molecular weight excluding hydrogens is 501 g/mol. The summed E-state index contributed by atoms with van der Waals surface area (Å²) < 4.78 is 39.2. The van der Waals surface area contributed by atoms with E-state index in [2.05, 4.69) is 21.3 Å². The summed E-state index contributed by atoms with van der Waals surface area (Å²) in [5.74, 6) is -5.79. The number of hydrogen-bond acceptors (Lipinski definition) is 7. The van der Waals surface area contributed by atoms with Gasteiger partial charge in [0, 0.05) is 26.0 Å². The second kappa shape index (κ2) is 8.58. The molecule has 37 heavy (non-hydrogen) atoms. The quantitative estimate of drug-likeness (QED) is 0.211. The van der Waals surface area contributed by atoms with Gasteiger partial charge in [0.1, 0.15) is 6.04 Å². The van der Waals surface area contributed by atoms with Gasteiger partial charge in [-0.15, -0.1) is 0 Å².